The van der Waals surface area contributed by atoms with Gasteiger partial charge in [0.15, 0.2) is 10.9 Å². The molecule has 2 N–H and O–H groups in total. The van der Waals surface area contributed by atoms with Crippen LogP contribution in [0.2, 0.25) is 0 Å². The van der Waals surface area contributed by atoms with E-state index in [0.29, 0.717) is 15.7 Å². The fourth-order valence-electron chi connectivity index (χ4n) is 2.72. The molecule has 23 heavy (non-hydrogen) atoms. The Hall–Kier alpha value is -2.15. The van der Waals surface area contributed by atoms with Crippen LogP contribution in [-0.2, 0) is 0 Å². The maximum Gasteiger partial charge on any atom is 0.293 e. The number of aromatic nitrogens is 1. The summed E-state index contributed by atoms with van der Waals surface area (Å²) >= 11 is 1.19. The lowest BCUT2D eigenvalue weighted by Crippen LogP contribution is -2.36. The molecule has 0 aromatic carbocycles. The molecular formula is C16H19N3O3S. The Morgan fingerprint density at radius 1 is 1.26 bits per heavy atom. The van der Waals surface area contributed by atoms with Gasteiger partial charge < -0.3 is 9.73 Å². The van der Waals surface area contributed by atoms with Crippen LogP contribution >= 0.6 is 11.3 Å². The lowest BCUT2D eigenvalue weighted by atomic mass is 9.95. The van der Waals surface area contributed by atoms with E-state index < -0.39 is 0 Å². The second-order valence-corrected chi connectivity index (χ2v) is 6.67. The van der Waals surface area contributed by atoms with E-state index in [2.05, 4.69) is 15.6 Å². The number of aryl methyl sites for hydroxylation is 1. The zero-order valence-electron chi connectivity index (χ0n) is 12.9. The number of furan rings is 1. The number of hydrogen-bond donors (Lipinski definition) is 2. The molecule has 0 radical (unpaired) electrons. The first-order chi connectivity index (χ1) is 11.1. The summed E-state index contributed by atoms with van der Waals surface area (Å²) in [5.41, 5.74) is 0.623. The summed E-state index contributed by atoms with van der Waals surface area (Å²) < 4.78 is 5.04. The predicted molar refractivity (Wildman–Crippen MR) is 87.9 cm³/mol. The topological polar surface area (TPSA) is 84.2 Å². The average molecular weight is 333 g/mol. The van der Waals surface area contributed by atoms with Crippen LogP contribution in [0.1, 0.15) is 58.0 Å². The van der Waals surface area contributed by atoms with Crippen molar-refractivity contribution in [3.63, 3.8) is 0 Å². The van der Waals surface area contributed by atoms with E-state index in [1.165, 1.54) is 24.0 Å². The Balaban J connectivity index is 1.65. The number of amides is 2. The number of carbonyl (C=O) groups is 2. The molecule has 0 unspecified atom stereocenters. The Bertz CT molecular complexity index is 687. The highest BCUT2D eigenvalue weighted by atomic mass is 32.1. The molecule has 122 valence electrons. The zero-order chi connectivity index (χ0) is 16.2. The minimum atomic E-state index is -0.372. The highest BCUT2D eigenvalue weighted by molar-refractivity contribution is 7.17. The van der Waals surface area contributed by atoms with Crippen molar-refractivity contribution in [2.75, 3.05) is 5.32 Å². The molecule has 2 amide bonds. The van der Waals surface area contributed by atoms with E-state index in [9.17, 15) is 9.59 Å². The molecule has 6 nitrogen and oxygen atoms in total. The lowest BCUT2D eigenvalue weighted by Gasteiger charge is -2.22. The number of rotatable bonds is 4. The first kappa shape index (κ1) is 15.7. The molecular weight excluding hydrogens is 314 g/mol. The maximum atomic E-state index is 12.4. The van der Waals surface area contributed by atoms with Gasteiger partial charge in [0.25, 0.3) is 11.8 Å². The summed E-state index contributed by atoms with van der Waals surface area (Å²) in [7, 11) is 0. The Labute approximate surface area is 138 Å². The first-order valence-corrected chi connectivity index (χ1v) is 8.58. The molecule has 1 aliphatic rings. The van der Waals surface area contributed by atoms with Gasteiger partial charge in [-0.25, -0.2) is 4.98 Å². The number of carbonyl (C=O) groups excluding carboxylic acids is 2. The molecule has 3 rings (SSSR count). The molecule has 7 heteroatoms. The van der Waals surface area contributed by atoms with Crippen LogP contribution < -0.4 is 10.6 Å². The van der Waals surface area contributed by atoms with Gasteiger partial charge in [-0.05, 0) is 31.9 Å². The molecule has 0 aliphatic heterocycles. The normalized spacial score (nSPS) is 15.3. The summed E-state index contributed by atoms with van der Waals surface area (Å²) in [6, 6.07) is 3.47. The second-order valence-electron chi connectivity index (χ2n) is 5.67. The molecule has 1 aliphatic carbocycles. The van der Waals surface area contributed by atoms with Crippen LogP contribution in [0, 0.1) is 6.92 Å². The third-order valence-electron chi connectivity index (χ3n) is 3.91. The Morgan fingerprint density at radius 2 is 2.04 bits per heavy atom. The van der Waals surface area contributed by atoms with Gasteiger partial charge in [0.2, 0.25) is 0 Å². The van der Waals surface area contributed by atoms with Crippen molar-refractivity contribution in [1.29, 1.82) is 0 Å². The first-order valence-electron chi connectivity index (χ1n) is 7.76. The highest BCUT2D eigenvalue weighted by Gasteiger charge is 2.21. The van der Waals surface area contributed by atoms with Crippen LogP contribution in [0.5, 0.6) is 0 Å². The van der Waals surface area contributed by atoms with E-state index in [1.54, 1.807) is 19.1 Å². The predicted octanol–water partition coefficient (Wildman–Crippen LogP) is 3.36. The molecule has 2 aromatic rings. The minimum absolute atomic E-state index is 0.106. The van der Waals surface area contributed by atoms with Crippen LogP contribution in [0.15, 0.2) is 22.8 Å². The number of nitrogens with one attached hydrogen (secondary N) is 2. The third kappa shape index (κ3) is 3.79. The summed E-state index contributed by atoms with van der Waals surface area (Å²) in [5, 5.41) is 6.13. The summed E-state index contributed by atoms with van der Waals surface area (Å²) in [4.78, 5) is 29.1. The molecule has 2 aromatic heterocycles. The van der Waals surface area contributed by atoms with Gasteiger partial charge in [-0.15, -0.1) is 0 Å². The maximum absolute atomic E-state index is 12.4. The molecule has 2 heterocycles. The summed E-state index contributed by atoms with van der Waals surface area (Å²) in [6.07, 6.45) is 7.07. The molecule has 0 bridgehead atoms. The van der Waals surface area contributed by atoms with E-state index in [0.717, 1.165) is 25.7 Å². The van der Waals surface area contributed by atoms with Crippen molar-refractivity contribution in [3.05, 3.63) is 34.7 Å². The van der Waals surface area contributed by atoms with Crippen molar-refractivity contribution < 1.29 is 14.0 Å². The smallest absolute Gasteiger partial charge is 0.293 e. The van der Waals surface area contributed by atoms with E-state index in [4.69, 9.17) is 4.42 Å². The van der Waals surface area contributed by atoms with Crippen LogP contribution in [0.4, 0.5) is 5.13 Å². The second kappa shape index (κ2) is 6.95. The SMILES string of the molecule is Cc1nc(NC(=O)c2ccco2)sc1C(=O)NC1CCCCC1. The van der Waals surface area contributed by atoms with Gasteiger partial charge in [0, 0.05) is 6.04 Å². The van der Waals surface area contributed by atoms with Crippen molar-refractivity contribution in [1.82, 2.24) is 10.3 Å². The summed E-state index contributed by atoms with van der Waals surface area (Å²) in [6.45, 7) is 1.77. The van der Waals surface area contributed by atoms with Gasteiger partial charge in [0.1, 0.15) is 4.88 Å². The standard InChI is InChI=1S/C16H19N3O3S/c1-10-13(15(21)18-11-6-3-2-4-7-11)23-16(17-10)19-14(20)12-8-5-9-22-12/h5,8-9,11H,2-4,6-7H2,1H3,(H,18,21)(H,17,19,20). The molecule has 0 spiro atoms. The quantitative estimate of drug-likeness (QED) is 0.898. The third-order valence-corrected chi connectivity index (χ3v) is 4.98. The van der Waals surface area contributed by atoms with Crippen molar-refractivity contribution in [2.24, 2.45) is 0 Å². The van der Waals surface area contributed by atoms with Gasteiger partial charge >= 0.3 is 0 Å². The largest absolute Gasteiger partial charge is 0.459 e. The molecule has 1 saturated carbocycles. The van der Waals surface area contributed by atoms with Gasteiger partial charge in [-0.1, -0.05) is 30.6 Å². The fraction of sp³-hybridized carbons (Fsp3) is 0.438. The number of hydrogen-bond acceptors (Lipinski definition) is 5. The lowest BCUT2D eigenvalue weighted by molar-refractivity contribution is 0.0930. The number of anilines is 1. The van der Waals surface area contributed by atoms with Gasteiger partial charge in [-0.2, -0.15) is 0 Å². The van der Waals surface area contributed by atoms with Gasteiger partial charge in [0.05, 0.1) is 12.0 Å². The minimum Gasteiger partial charge on any atom is -0.459 e. The number of thiazole rings is 1. The Kier molecular flexibility index (Phi) is 4.76. The number of nitrogens with zero attached hydrogens (tertiary/aromatic N) is 1. The van der Waals surface area contributed by atoms with Crippen molar-refractivity contribution in [3.8, 4) is 0 Å². The van der Waals surface area contributed by atoms with Crippen LogP contribution in [0.25, 0.3) is 0 Å². The molecule has 0 saturated heterocycles. The van der Waals surface area contributed by atoms with Crippen molar-refractivity contribution >= 4 is 28.3 Å². The van der Waals surface area contributed by atoms with Gasteiger partial charge in [-0.3, -0.25) is 14.9 Å². The van der Waals surface area contributed by atoms with Crippen molar-refractivity contribution in [2.45, 2.75) is 45.1 Å². The van der Waals surface area contributed by atoms with E-state index in [-0.39, 0.29) is 23.6 Å². The molecule has 1 fully saturated rings. The Morgan fingerprint density at radius 3 is 2.74 bits per heavy atom. The summed E-state index contributed by atoms with van der Waals surface area (Å²) in [5.74, 6) is -0.264. The van der Waals surface area contributed by atoms with E-state index >= 15 is 0 Å². The highest BCUT2D eigenvalue weighted by Crippen LogP contribution is 2.24. The molecule has 0 atom stereocenters. The monoisotopic (exact) mass is 333 g/mol. The van der Waals surface area contributed by atoms with Crippen LogP contribution in [0.3, 0.4) is 0 Å². The van der Waals surface area contributed by atoms with E-state index in [1.807, 2.05) is 0 Å². The van der Waals surface area contributed by atoms with Crippen LogP contribution in [-0.4, -0.2) is 22.8 Å². The average Bonchev–Trinajstić information content (AvgIpc) is 3.18. The zero-order valence-corrected chi connectivity index (χ0v) is 13.7. The fourth-order valence-corrected chi connectivity index (χ4v) is 3.59.